The molecule has 84 valence electrons. The summed E-state index contributed by atoms with van der Waals surface area (Å²) in [5.41, 5.74) is 1.61. The van der Waals surface area contributed by atoms with Crippen LogP contribution < -0.4 is 5.32 Å². The molecule has 1 aromatic heterocycles. The van der Waals surface area contributed by atoms with E-state index in [1.807, 2.05) is 19.1 Å². The van der Waals surface area contributed by atoms with Crippen LogP contribution in [0, 0.1) is 0 Å². The molecule has 1 atom stereocenters. The number of Topliss-reactive ketones (excluding diaryl/α,β-unsaturated/α-hetero) is 1. The highest BCUT2D eigenvalue weighted by Gasteiger charge is 2.17. The second kappa shape index (κ2) is 4.28. The van der Waals surface area contributed by atoms with Gasteiger partial charge in [-0.2, -0.15) is 0 Å². The predicted octanol–water partition coefficient (Wildman–Crippen LogP) is 2.61. The Hall–Kier alpha value is -1.32. The molecule has 0 aliphatic carbocycles. The van der Waals surface area contributed by atoms with Crippen molar-refractivity contribution in [2.45, 2.75) is 13.0 Å². The largest absolute Gasteiger partial charge is 0.360 e. The topological polar surface area (TPSA) is 44.9 Å². The molecular weight excluding hydrogens is 224 g/mol. The number of aromatic nitrogens is 1. The molecule has 16 heavy (non-hydrogen) atoms. The number of nitrogens with one attached hydrogen (secondary N) is 2. The molecule has 2 N–H and O–H groups in total. The number of halogens is 1. The van der Waals surface area contributed by atoms with Gasteiger partial charge in [-0.25, -0.2) is 0 Å². The van der Waals surface area contributed by atoms with Gasteiger partial charge in [0, 0.05) is 27.7 Å². The van der Waals surface area contributed by atoms with Crippen LogP contribution in [0.4, 0.5) is 0 Å². The number of hydrogen-bond acceptors (Lipinski definition) is 2. The standard InChI is InChI=1S/C12H13ClN2O/c1-7(14-2)12(16)10-6-15-11-4-3-8(13)5-9(10)11/h3-7,14-15H,1-2H3/t7-/m1/s1. The minimum Gasteiger partial charge on any atom is -0.360 e. The average Bonchev–Trinajstić information content (AvgIpc) is 2.69. The van der Waals surface area contributed by atoms with Gasteiger partial charge in [-0.15, -0.1) is 0 Å². The van der Waals surface area contributed by atoms with Gasteiger partial charge in [-0.1, -0.05) is 11.6 Å². The lowest BCUT2D eigenvalue weighted by Crippen LogP contribution is -2.30. The molecule has 2 aromatic rings. The smallest absolute Gasteiger partial charge is 0.181 e. The highest BCUT2D eigenvalue weighted by molar-refractivity contribution is 6.31. The van der Waals surface area contributed by atoms with E-state index in [0.29, 0.717) is 10.6 Å². The normalized spacial score (nSPS) is 12.9. The van der Waals surface area contributed by atoms with Crippen molar-refractivity contribution in [2.24, 2.45) is 0 Å². The molecule has 0 radical (unpaired) electrons. The number of fused-ring (bicyclic) bond motifs is 1. The number of carbonyl (C=O) groups excluding carboxylic acids is 1. The molecule has 0 saturated carbocycles. The summed E-state index contributed by atoms with van der Waals surface area (Å²) in [4.78, 5) is 15.1. The molecule has 4 heteroatoms. The van der Waals surface area contributed by atoms with Crippen LogP contribution in [0.15, 0.2) is 24.4 Å². The Kier molecular flexibility index (Phi) is 2.99. The third-order valence-corrected chi connectivity index (χ3v) is 2.97. The second-order valence-corrected chi connectivity index (χ2v) is 4.20. The van der Waals surface area contributed by atoms with Gasteiger partial charge in [-0.05, 0) is 32.2 Å². The summed E-state index contributed by atoms with van der Waals surface area (Å²) in [6, 6.07) is 5.29. The fraction of sp³-hybridized carbons (Fsp3) is 0.250. The SMILES string of the molecule is CN[C@H](C)C(=O)c1c[nH]c2ccc(Cl)cc12. The summed E-state index contributed by atoms with van der Waals surface area (Å²) in [6.07, 6.45) is 1.73. The zero-order valence-electron chi connectivity index (χ0n) is 9.17. The van der Waals surface area contributed by atoms with Crippen LogP contribution in [0.2, 0.25) is 5.02 Å². The first-order valence-electron chi connectivity index (χ1n) is 5.11. The van der Waals surface area contributed by atoms with E-state index in [1.54, 1.807) is 19.3 Å². The zero-order valence-corrected chi connectivity index (χ0v) is 9.93. The number of H-pyrrole nitrogens is 1. The lowest BCUT2D eigenvalue weighted by Gasteiger charge is -2.07. The quantitative estimate of drug-likeness (QED) is 0.805. The number of hydrogen-bond donors (Lipinski definition) is 2. The molecule has 2 rings (SSSR count). The van der Waals surface area contributed by atoms with E-state index in [4.69, 9.17) is 11.6 Å². The lowest BCUT2D eigenvalue weighted by molar-refractivity contribution is 0.0956. The van der Waals surface area contributed by atoms with Gasteiger partial charge in [0.25, 0.3) is 0 Å². The van der Waals surface area contributed by atoms with Gasteiger partial charge < -0.3 is 10.3 Å². The maximum Gasteiger partial charge on any atom is 0.181 e. The Morgan fingerprint density at radius 2 is 2.25 bits per heavy atom. The monoisotopic (exact) mass is 236 g/mol. The van der Waals surface area contributed by atoms with Gasteiger partial charge >= 0.3 is 0 Å². The maximum atomic E-state index is 12.0. The molecule has 0 amide bonds. The molecule has 0 spiro atoms. The molecular formula is C12H13ClN2O. The van der Waals surface area contributed by atoms with Crippen LogP contribution in [0.1, 0.15) is 17.3 Å². The number of aromatic amines is 1. The first-order valence-corrected chi connectivity index (χ1v) is 5.49. The summed E-state index contributed by atoms with van der Waals surface area (Å²) in [5.74, 6) is 0.0658. The fourth-order valence-corrected chi connectivity index (χ4v) is 1.83. The van der Waals surface area contributed by atoms with Crippen molar-refractivity contribution in [3.05, 3.63) is 35.0 Å². The second-order valence-electron chi connectivity index (χ2n) is 3.77. The third kappa shape index (κ3) is 1.84. The van der Waals surface area contributed by atoms with Crippen molar-refractivity contribution in [3.8, 4) is 0 Å². The number of carbonyl (C=O) groups is 1. The molecule has 1 aromatic carbocycles. The van der Waals surface area contributed by atoms with E-state index in [9.17, 15) is 4.79 Å². The Bertz CT molecular complexity index is 533. The maximum absolute atomic E-state index is 12.0. The minimum atomic E-state index is -0.196. The third-order valence-electron chi connectivity index (χ3n) is 2.74. The molecule has 1 heterocycles. The average molecular weight is 237 g/mol. The van der Waals surface area contributed by atoms with Crippen molar-refractivity contribution in [2.75, 3.05) is 7.05 Å². The number of rotatable bonds is 3. The molecule has 3 nitrogen and oxygen atoms in total. The predicted molar refractivity (Wildman–Crippen MR) is 66.2 cm³/mol. The summed E-state index contributed by atoms with van der Waals surface area (Å²) in [5, 5.41) is 4.45. The van der Waals surface area contributed by atoms with Crippen molar-refractivity contribution >= 4 is 28.3 Å². The van der Waals surface area contributed by atoms with Gasteiger partial charge in [-0.3, -0.25) is 4.79 Å². The van der Waals surface area contributed by atoms with Crippen molar-refractivity contribution in [3.63, 3.8) is 0 Å². The number of likely N-dealkylation sites (N-methyl/N-ethyl adjacent to an activating group) is 1. The molecule has 0 aliphatic rings. The highest BCUT2D eigenvalue weighted by Crippen LogP contribution is 2.23. The van der Waals surface area contributed by atoms with Crippen LogP contribution in [0.3, 0.4) is 0 Å². The van der Waals surface area contributed by atoms with E-state index < -0.39 is 0 Å². The molecule has 0 bridgehead atoms. The van der Waals surface area contributed by atoms with E-state index >= 15 is 0 Å². The summed E-state index contributed by atoms with van der Waals surface area (Å²) in [6.45, 7) is 1.84. The Labute approximate surface area is 98.8 Å². The first kappa shape index (κ1) is 11.2. The Balaban J connectivity index is 2.53. The van der Waals surface area contributed by atoms with Crippen LogP contribution >= 0.6 is 11.6 Å². The molecule has 0 aliphatic heterocycles. The summed E-state index contributed by atoms with van der Waals surface area (Å²) >= 11 is 5.92. The molecule has 0 fully saturated rings. The van der Waals surface area contributed by atoms with Crippen molar-refractivity contribution in [1.29, 1.82) is 0 Å². The van der Waals surface area contributed by atoms with Crippen molar-refractivity contribution < 1.29 is 4.79 Å². The van der Waals surface area contributed by atoms with E-state index in [1.165, 1.54) is 0 Å². The van der Waals surface area contributed by atoms with Gasteiger partial charge in [0.15, 0.2) is 5.78 Å². The number of benzene rings is 1. The van der Waals surface area contributed by atoms with Gasteiger partial charge in [0.2, 0.25) is 0 Å². The van der Waals surface area contributed by atoms with Crippen LogP contribution in [0.5, 0.6) is 0 Å². The molecule has 0 unspecified atom stereocenters. The van der Waals surface area contributed by atoms with E-state index in [-0.39, 0.29) is 11.8 Å². The minimum absolute atomic E-state index is 0.0658. The van der Waals surface area contributed by atoms with E-state index in [2.05, 4.69) is 10.3 Å². The van der Waals surface area contributed by atoms with Crippen LogP contribution in [-0.4, -0.2) is 23.9 Å². The van der Waals surface area contributed by atoms with Crippen LogP contribution in [0.25, 0.3) is 10.9 Å². The van der Waals surface area contributed by atoms with Gasteiger partial charge in [0.05, 0.1) is 6.04 Å². The Morgan fingerprint density at radius 1 is 1.50 bits per heavy atom. The van der Waals surface area contributed by atoms with Gasteiger partial charge in [0.1, 0.15) is 0 Å². The highest BCUT2D eigenvalue weighted by atomic mass is 35.5. The number of ketones is 1. The van der Waals surface area contributed by atoms with E-state index in [0.717, 1.165) is 10.9 Å². The summed E-state index contributed by atoms with van der Waals surface area (Å²) in [7, 11) is 1.77. The molecule has 0 saturated heterocycles. The van der Waals surface area contributed by atoms with Crippen molar-refractivity contribution in [1.82, 2.24) is 10.3 Å². The van der Waals surface area contributed by atoms with Crippen LogP contribution in [-0.2, 0) is 0 Å². The Morgan fingerprint density at radius 3 is 2.94 bits per heavy atom. The zero-order chi connectivity index (χ0) is 11.7. The summed E-state index contributed by atoms with van der Waals surface area (Å²) < 4.78 is 0. The lowest BCUT2D eigenvalue weighted by atomic mass is 10.0. The fourth-order valence-electron chi connectivity index (χ4n) is 1.66. The first-order chi connectivity index (χ1) is 7.63.